The van der Waals surface area contributed by atoms with Gasteiger partial charge in [-0.05, 0) is 199 Å². The summed E-state index contributed by atoms with van der Waals surface area (Å²) in [6, 6.07) is 28.6. The van der Waals surface area contributed by atoms with Gasteiger partial charge in [0.15, 0.2) is 0 Å². The second-order valence-corrected chi connectivity index (χ2v) is 25.7. The first-order valence-corrected chi connectivity index (χ1v) is 24.3. The summed E-state index contributed by atoms with van der Waals surface area (Å²) in [5, 5.41) is 0. The van der Waals surface area contributed by atoms with E-state index < -0.39 is 6.85 Å². The Labute approximate surface area is 386 Å². The van der Waals surface area contributed by atoms with Crippen LogP contribution in [-0.4, -0.2) is 6.71 Å². The molecule has 5 aliphatic rings. The molecule has 2 nitrogen and oxygen atoms in total. The molecule has 328 valence electrons. The molecule has 63 heavy (non-hydrogen) atoms. The lowest BCUT2D eigenvalue weighted by Crippen LogP contribution is -2.62. The van der Waals surface area contributed by atoms with E-state index >= 15 is 0 Å². The Balaban J connectivity index is 1.37. The molecule has 5 aromatic carbocycles. The monoisotopic (exact) mass is 838 g/mol. The minimum Gasteiger partial charge on any atom is -0.311 e. The van der Waals surface area contributed by atoms with Crippen LogP contribution in [0.1, 0.15) is 197 Å². The van der Waals surface area contributed by atoms with Gasteiger partial charge in [-0.25, -0.2) is 0 Å². The van der Waals surface area contributed by atoms with Gasteiger partial charge in [0.1, 0.15) is 0 Å². The first-order chi connectivity index (χ1) is 30.3. The van der Waals surface area contributed by atoms with Gasteiger partial charge in [-0.15, -0.1) is 0 Å². The summed E-state index contributed by atoms with van der Waals surface area (Å²) in [6.45, 7) is 35.8. The molecule has 0 spiro atoms. The Morgan fingerprint density at radius 2 is 0.921 bits per heavy atom. The average Bonchev–Trinajstić information content (AvgIpc) is 3.21. The van der Waals surface area contributed by atoms with Crippen molar-refractivity contribution in [2.75, 3.05) is 9.80 Å². The predicted molar refractivity (Wildman–Crippen MR) is 274 cm³/mol. The van der Waals surface area contributed by atoms with Gasteiger partial charge in [0.25, 0.3) is 6.71 Å². The average molecular weight is 838 g/mol. The van der Waals surface area contributed by atoms with E-state index in [0.29, 0.717) is 5.56 Å². The highest BCUT2D eigenvalue weighted by molar-refractivity contribution is 7.00. The van der Waals surface area contributed by atoms with Gasteiger partial charge in [-0.2, -0.15) is 0 Å². The van der Waals surface area contributed by atoms with Gasteiger partial charge in [0, 0.05) is 38.2 Å². The SMILES string of the molecule is [2H]C([2H])([2H])c1cc2c3c(c1)N(c1cc4c(cc1C)C(C)(C)CCC4(C)C)c1cc4c(cc1B3c1cc(C(C)(C)C)ccc1N2c1ccc2c(c1)C(C)(C)CCC2(C)C)C(C)(C)CCC4(C)C. The smallest absolute Gasteiger partial charge is 0.252 e. The van der Waals surface area contributed by atoms with Crippen LogP contribution >= 0.6 is 0 Å². The molecule has 0 amide bonds. The summed E-state index contributed by atoms with van der Waals surface area (Å²) in [5.74, 6) is 0. The van der Waals surface area contributed by atoms with Crippen molar-refractivity contribution in [3.63, 3.8) is 0 Å². The highest BCUT2D eigenvalue weighted by Gasteiger charge is 2.48. The maximum Gasteiger partial charge on any atom is 0.252 e. The van der Waals surface area contributed by atoms with Crippen molar-refractivity contribution in [2.45, 2.75) is 194 Å². The molecule has 0 N–H and O–H groups in total. The van der Waals surface area contributed by atoms with Crippen molar-refractivity contribution < 1.29 is 4.11 Å². The predicted octanol–water partition coefficient (Wildman–Crippen LogP) is 14.7. The number of aryl methyl sites for hydroxylation is 2. The second kappa shape index (κ2) is 13.2. The van der Waals surface area contributed by atoms with Crippen molar-refractivity contribution in [2.24, 2.45) is 0 Å². The molecule has 2 aliphatic heterocycles. The third-order valence-corrected chi connectivity index (χ3v) is 17.4. The molecule has 0 atom stereocenters. The number of anilines is 6. The lowest BCUT2D eigenvalue weighted by molar-refractivity contribution is 0.331. The molecule has 0 bridgehead atoms. The van der Waals surface area contributed by atoms with E-state index in [1.807, 2.05) is 6.07 Å². The summed E-state index contributed by atoms with van der Waals surface area (Å²) >= 11 is 0. The topological polar surface area (TPSA) is 6.48 Å². The number of hydrogen-bond acceptors (Lipinski definition) is 2. The van der Waals surface area contributed by atoms with E-state index in [1.54, 1.807) is 0 Å². The van der Waals surface area contributed by atoms with E-state index in [2.05, 4.69) is 187 Å². The Morgan fingerprint density at radius 1 is 0.460 bits per heavy atom. The summed E-state index contributed by atoms with van der Waals surface area (Å²) in [7, 11) is 0. The van der Waals surface area contributed by atoms with Gasteiger partial charge in [-0.1, -0.05) is 134 Å². The molecule has 2 heterocycles. The van der Waals surface area contributed by atoms with Gasteiger partial charge >= 0.3 is 0 Å². The number of fused-ring (bicyclic) bond motifs is 7. The standard InChI is InChI=1S/C60H75BN2/c1-36-28-51-53-52(29-36)63(49-34-44-41(30-37(49)2)56(8,9)24-26-59(44,14)15)50-35-45-43(58(12,13)25-27-60(45,16)17)33-47(50)61(53)46-31-38(54(3,4)5)18-21-48(46)62(51)39-19-20-40-42(32-39)57(10,11)23-22-55(40,6)7/h18-21,28-35H,22-27H2,1-17H3/i1D3. The zero-order valence-corrected chi connectivity index (χ0v) is 41.6. The Bertz CT molecular complexity index is 2880. The molecule has 0 unspecified atom stereocenters. The fourth-order valence-corrected chi connectivity index (χ4v) is 12.7. The van der Waals surface area contributed by atoms with E-state index in [-0.39, 0.29) is 44.6 Å². The zero-order valence-electron chi connectivity index (χ0n) is 44.6. The van der Waals surface area contributed by atoms with Crippen molar-refractivity contribution in [3.05, 3.63) is 123 Å². The Hall–Kier alpha value is -4.24. The summed E-state index contributed by atoms with van der Waals surface area (Å²) < 4.78 is 27.5. The maximum absolute atomic E-state index is 9.16. The van der Waals surface area contributed by atoms with Crippen LogP contribution in [0.2, 0.25) is 0 Å². The Morgan fingerprint density at radius 3 is 1.46 bits per heavy atom. The third-order valence-electron chi connectivity index (χ3n) is 17.4. The van der Waals surface area contributed by atoms with Gasteiger partial charge in [-0.3, -0.25) is 0 Å². The molecule has 3 aliphatic carbocycles. The lowest BCUT2D eigenvalue weighted by atomic mass is 9.33. The van der Waals surface area contributed by atoms with Crippen LogP contribution < -0.4 is 26.2 Å². The minimum absolute atomic E-state index is 0.000196. The lowest BCUT2D eigenvalue weighted by Gasteiger charge is -2.48. The minimum atomic E-state index is -2.34. The fourth-order valence-electron chi connectivity index (χ4n) is 12.7. The Kier molecular flexibility index (Phi) is 8.20. The molecular formula is C60H75BN2. The number of benzene rings is 5. The highest BCUT2D eigenvalue weighted by Crippen LogP contribution is 2.54. The van der Waals surface area contributed by atoms with Crippen molar-refractivity contribution >= 4 is 57.2 Å². The third kappa shape index (κ3) is 6.31. The molecule has 10 rings (SSSR count). The van der Waals surface area contributed by atoms with Crippen molar-refractivity contribution in [1.82, 2.24) is 0 Å². The first kappa shape index (κ1) is 39.2. The van der Waals surface area contributed by atoms with Crippen LogP contribution in [0, 0.1) is 13.8 Å². The number of hydrogen-bond donors (Lipinski definition) is 0. The molecule has 0 aromatic heterocycles. The van der Waals surface area contributed by atoms with Crippen molar-refractivity contribution in [1.29, 1.82) is 0 Å². The summed E-state index contributed by atoms with van der Waals surface area (Å²) in [5.41, 5.74) is 21.7. The quantitative estimate of drug-likeness (QED) is 0.160. The molecule has 0 saturated carbocycles. The largest absolute Gasteiger partial charge is 0.311 e. The molecule has 3 heteroatoms. The normalized spacial score (nSPS) is 22.3. The molecule has 5 aromatic rings. The van der Waals surface area contributed by atoms with Crippen LogP contribution in [0.15, 0.2) is 72.8 Å². The van der Waals surface area contributed by atoms with E-state index in [0.717, 1.165) is 67.0 Å². The first-order valence-electron chi connectivity index (χ1n) is 25.8. The van der Waals surface area contributed by atoms with Crippen LogP contribution in [0.3, 0.4) is 0 Å². The highest BCUT2D eigenvalue weighted by atomic mass is 15.2. The van der Waals surface area contributed by atoms with Gasteiger partial charge in [0.2, 0.25) is 0 Å². The molecule has 0 fully saturated rings. The molecule has 0 radical (unpaired) electrons. The molecular weight excluding hydrogens is 759 g/mol. The molecule has 0 saturated heterocycles. The summed E-state index contributed by atoms with van der Waals surface area (Å²) in [6.07, 6.45) is 6.77. The van der Waals surface area contributed by atoms with Crippen molar-refractivity contribution in [3.8, 4) is 0 Å². The summed E-state index contributed by atoms with van der Waals surface area (Å²) in [4.78, 5) is 4.98. The van der Waals surface area contributed by atoms with Crippen LogP contribution in [0.25, 0.3) is 0 Å². The zero-order chi connectivity index (χ0) is 47.9. The van der Waals surface area contributed by atoms with Crippen LogP contribution in [0.4, 0.5) is 34.1 Å². The second-order valence-electron chi connectivity index (χ2n) is 25.7. The van der Waals surface area contributed by atoms with Gasteiger partial charge < -0.3 is 9.80 Å². The maximum atomic E-state index is 9.16. The number of nitrogens with zero attached hydrogens (tertiary/aromatic N) is 2. The van der Waals surface area contributed by atoms with Crippen LogP contribution in [0.5, 0.6) is 0 Å². The fraction of sp³-hybridized carbons (Fsp3) is 0.500. The van der Waals surface area contributed by atoms with E-state index in [1.165, 1.54) is 66.6 Å². The number of rotatable bonds is 2. The van der Waals surface area contributed by atoms with E-state index in [9.17, 15) is 0 Å². The van der Waals surface area contributed by atoms with E-state index in [4.69, 9.17) is 4.11 Å². The van der Waals surface area contributed by atoms with Crippen LogP contribution in [-0.2, 0) is 37.9 Å². The van der Waals surface area contributed by atoms with Gasteiger partial charge in [0.05, 0.1) is 0 Å².